The molecular weight excluding hydrogens is 383 g/mol. The van der Waals surface area contributed by atoms with E-state index >= 15 is 0 Å². The molecule has 2 rings (SSSR count). The second kappa shape index (κ2) is 10.1. The zero-order chi connectivity index (χ0) is 20.7. The molecule has 7 heteroatoms. The summed E-state index contributed by atoms with van der Waals surface area (Å²) in [7, 11) is 0. The molecule has 1 atom stereocenters. The first-order valence-corrected chi connectivity index (χ1v) is 9.36. The summed E-state index contributed by atoms with van der Waals surface area (Å²) in [6, 6.07) is 11.7. The molecular formula is C21H24ClFN2O3. The highest BCUT2D eigenvalue weighted by Crippen LogP contribution is 2.15. The number of carbonyl (C=O) groups excluding carboxylic acids is 2. The Labute approximate surface area is 169 Å². The van der Waals surface area contributed by atoms with Crippen molar-refractivity contribution in [3.8, 4) is 5.75 Å². The smallest absolute Gasteiger partial charge is 0.261 e. The Kier molecular flexibility index (Phi) is 7.81. The number of hydrogen-bond donors (Lipinski definition) is 1. The van der Waals surface area contributed by atoms with Crippen LogP contribution in [0.5, 0.6) is 5.75 Å². The molecule has 150 valence electrons. The van der Waals surface area contributed by atoms with Gasteiger partial charge in [-0.25, -0.2) is 4.39 Å². The van der Waals surface area contributed by atoms with Crippen LogP contribution >= 0.6 is 11.6 Å². The highest BCUT2D eigenvalue weighted by molar-refractivity contribution is 6.30. The van der Waals surface area contributed by atoms with E-state index in [-0.39, 0.29) is 36.8 Å². The van der Waals surface area contributed by atoms with Gasteiger partial charge in [-0.1, -0.05) is 23.7 Å². The Morgan fingerprint density at radius 1 is 1.07 bits per heavy atom. The van der Waals surface area contributed by atoms with E-state index in [1.807, 2.05) is 13.8 Å². The molecule has 0 saturated heterocycles. The zero-order valence-electron chi connectivity index (χ0n) is 16.1. The van der Waals surface area contributed by atoms with Crippen LogP contribution < -0.4 is 10.1 Å². The van der Waals surface area contributed by atoms with Gasteiger partial charge in [-0.15, -0.1) is 0 Å². The van der Waals surface area contributed by atoms with Crippen molar-refractivity contribution < 1.29 is 18.7 Å². The first kappa shape index (κ1) is 21.7. The van der Waals surface area contributed by atoms with E-state index in [9.17, 15) is 14.0 Å². The first-order valence-electron chi connectivity index (χ1n) is 8.99. The Hall–Kier alpha value is -2.60. The second-order valence-corrected chi connectivity index (χ2v) is 7.17. The average Bonchev–Trinajstić information content (AvgIpc) is 2.65. The summed E-state index contributed by atoms with van der Waals surface area (Å²) in [5.41, 5.74) is 0.837. The number of hydrogen-bond acceptors (Lipinski definition) is 3. The van der Waals surface area contributed by atoms with Crippen molar-refractivity contribution in [3.05, 3.63) is 64.9 Å². The van der Waals surface area contributed by atoms with Crippen LogP contribution in [0.2, 0.25) is 5.02 Å². The van der Waals surface area contributed by atoms with Gasteiger partial charge in [-0.2, -0.15) is 0 Å². The number of ether oxygens (including phenoxy) is 1. The molecule has 28 heavy (non-hydrogen) atoms. The van der Waals surface area contributed by atoms with E-state index in [0.29, 0.717) is 10.8 Å². The molecule has 1 N–H and O–H groups in total. The normalized spacial score (nSPS) is 11.8. The molecule has 0 fully saturated rings. The van der Waals surface area contributed by atoms with Gasteiger partial charge in [0.2, 0.25) is 5.91 Å². The number of nitrogens with one attached hydrogen (secondary N) is 1. The van der Waals surface area contributed by atoms with Crippen LogP contribution in [-0.4, -0.2) is 35.4 Å². The van der Waals surface area contributed by atoms with E-state index < -0.39 is 6.04 Å². The molecule has 5 nitrogen and oxygen atoms in total. The minimum absolute atomic E-state index is 0.0436. The summed E-state index contributed by atoms with van der Waals surface area (Å²) < 4.78 is 18.5. The maximum atomic E-state index is 13.0. The fraction of sp³-hybridized carbons (Fsp3) is 0.333. The molecule has 0 unspecified atom stereocenters. The van der Waals surface area contributed by atoms with Crippen LogP contribution in [0.25, 0.3) is 0 Å². The minimum Gasteiger partial charge on any atom is -0.484 e. The average molecular weight is 407 g/mol. The Morgan fingerprint density at radius 2 is 1.68 bits per heavy atom. The maximum Gasteiger partial charge on any atom is 0.261 e. The van der Waals surface area contributed by atoms with Crippen LogP contribution in [0.3, 0.4) is 0 Å². The van der Waals surface area contributed by atoms with Gasteiger partial charge in [0.1, 0.15) is 17.6 Å². The largest absolute Gasteiger partial charge is 0.484 e. The van der Waals surface area contributed by atoms with E-state index in [1.54, 1.807) is 31.2 Å². The summed E-state index contributed by atoms with van der Waals surface area (Å²) >= 11 is 5.92. The summed E-state index contributed by atoms with van der Waals surface area (Å²) in [4.78, 5) is 26.7. The zero-order valence-corrected chi connectivity index (χ0v) is 16.9. The number of benzene rings is 2. The first-order chi connectivity index (χ1) is 13.3. The lowest BCUT2D eigenvalue weighted by Crippen LogP contribution is -2.50. The number of nitrogens with zero attached hydrogens (tertiary/aromatic N) is 1. The predicted octanol–water partition coefficient (Wildman–Crippen LogP) is 3.80. The van der Waals surface area contributed by atoms with Gasteiger partial charge < -0.3 is 15.0 Å². The van der Waals surface area contributed by atoms with Crippen molar-refractivity contribution in [2.24, 2.45) is 0 Å². The van der Waals surface area contributed by atoms with Crippen molar-refractivity contribution in [2.75, 3.05) is 6.61 Å². The van der Waals surface area contributed by atoms with Gasteiger partial charge >= 0.3 is 0 Å². The molecule has 0 aromatic heterocycles. The lowest BCUT2D eigenvalue weighted by molar-refractivity contribution is -0.142. The van der Waals surface area contributed by atoms with E-state index in [4.69, 9.17) is 16.3 Å². The van der Waals surface area contributed by atoms with Crippen LogP contribution in [0.15, 0.2) is 48.5 Å². The van der Waals surface area contributed by atoms with Crippen molar-refractivity contribution in [1.29, 1.82) is 0 Å². The number of amides is 2. The van der Waals surface area contributed by atoms with E-state index in [2.05, 4.69) is 5.32 Å². The highest BCUT2D eigenvalue weighted by atomic mass is 35.5. The third kappa shape index (κ3) is 6.53. The van der Waals surface area contributed by atoms with Gasteiger partial charge in [0.15, 0.2) is 6.61 Å². The summed E-state index contributed by atoms with van der Waals surface area (Å²) in [6.45, 7) is 5.35. The Bertz CT molecular complexity index is 794. The third-order valence-corrected chi connectivity index (χ3v) is 4.29. The van der Waals surface area contributed by atoms with E-state index in [0.717, 1.165) is 5.56 Å². The van der Waals surface area contributed by atoms with Crippen molar-refractivity contribution in [3.63, 3.8) is 0 Å². The molecule has 2 aromatic rings. The van der Waals surface area contributed by atoms with Gasteiger partial charge in [0.25, 0.3) is 5.91 Å². The Morgan fingerprint density at radius 3 is 2.25 bits per heavy atom. The molecule has 0 saturated carbocycles. The molecule has 2 aromatic carbocycles. The van der Waals surface area contributed by atoms with Crippen LogP contribution in [0, 0.1) is 5.82 Å². The number of halogens is 2. The molecule has 0 spiro atoms. The van der Waals surface area contributed by atoms with E-state index in [1.165, 1.54) is 29.2 Å². The van der Waals surface area contributed by atoms with Crippen LogP contribution in [0.1, 0.15) is 26.3 Å². The molecule has 0 radical (unpaired) electrons. The molecule has 0 heterocycles. The number of rotatable bonds is 8. The topological polar surface area (TPSA) is 58.6 Å². The SMILES string of the molecule is CC(C)NC(=O)[C@H](C)N(Cc1ccc(Cl)cc1)C(=O)COc1ccc(F)cc1. The Balaban J connectivity index is 2.12. The molecule has 0 aliphatic carbocycles. The lowest BCUT2D eigenvalue weighted by atomic mass is 10.1. The van der Waals surface area contributed by atoms with Crippen LogP contribution in [-0.2, 0) is 16.1 Å². The second-order valence-electron chi connectivity index (χ2n) is 6.73. The summed E-state index contributed by atoms with van der Waals surface area (Å²) in [5.74, 6) is -0.618. The fourth-order valence-corrected chi connectivity index (χ4v) is 2.66. The minimum atomic E-state index is -0.692. The predicted molar refractivity (Wildman–Crippen MR) is 107 cm³/mol. The fourth-order valence-electron chi connectivity index (χ4n) is 2.53. The third-order valence-electron chi connectivity index (χ3n) is 4.04. The van der Waals surface area contributed by atoms with Crippen molar-refractivity contribution in [1.82, 2.24) is 10.2 Å². The molecule has 0 bridgehead atoms. The summed E-state index contributed by atoms with van der Waals surface area (Å²) in [5, 5.41) is 3.41. The number of carbonyl (C=O) groups is 2. The van der Waals surface area contributed by atoms with Gasteiger partial charge in [0.05, 0.1) is 0 Å². The van der Waals surface area contributed by atoms with Gasteiger partial charge in [-0.05, 0) is 62.7 Å². The molecule has 0 aliphatic rings. The van der Waals surface area contributed by atoms with Crippen LogP contribution in [0.4, 0.5) is 4.39 Å². The standard InChI is InChI=1S/C21H24ClFN2O3/c1-14(2)24-21(27)15(3)25(12-16-4-6-17(22)7-5-16)20(26)13-28-19-10-8-18(23)9-11-19/h4-11,14-15H,12-13H2,1-3H3,(H,24,27)/t15-/m0/s1. The molecule has 2 amide bonds. The lowest BCUT2D eigenvalue weighted by Gasteiger charge is -2.29. The van der Waals surface area contributed by atoms with Crippen molar-refractivity contribution >= 4 is 23.4 Å². The summed E-state index contributed by atoms with van der Waals surface area (Å²) in [6.07, 6.45) is 0. The van der Waals surface area contributed by atoms with Gasteiger partial charge in [-0.3, -0.25) is 9.59 Å². The highest BCUT2D eigenvalue weighted by Gasteiger charge is 2.26. The van der Waals surface area contributed by atoms with Gasteiger partial charge in [0, 0.05) is 17.6 Å². The molecule has 0 aliphatic heterocycles. The monoisotopic (exact) mass is 406 g/mol. The maximum absolute atomic E-state index is 13.0. The van der Waals surface area contributed by atoms with Crippen molar-refractivity contribution in [2.45, 2.75) is 39.4 Å². The quantitative estimate of drug-likeness (QED) is 0.725.